The quantitative estimate of drug-likeness (QED) is 0.357. The van der Waals surface area contributed by atoms with Crippen molar-refractivity contribution in [3.8, 4) is 0 Å². The highest BCUT2D eigenvalue weighted by molar-refractivity contribution is 6.04. The smallest absolute Gasteiger partial charge is 0.328 e. The molecule has 1 aromatic carbocycles. The number of ether oxygens (including phenoxy) is 1. The zero-order chi connectivity index (χ0) is 22.6. The summed E-state index contributed by atoms with van der Waals surface area (Å²) in [6.07, 6.45) is 3.32. The maximum Gasteiger partial charge on any atom is 0.328 e. The number of anilines is 2. The number of carbonyl (C=O) groups is 2. The van der Waals surface area contributed by atoms with Crippen LogP contribution in [0.2, 0.25) is 0 Å². The number of hydrogen-bond acceptors (Lipinski definition) is 8. The van der Waals surface area contributed by atoms with Crippen molar-refractivity contribution < 1.29 is 19.2 Å². The molecule has 0 amide bonds. The van der Waals surface area contributed by atoms with Crippen LogP contribution in [0.4, 0.5) is 17.2 Å². The van der Waals surface area contributed by atoms with Gasteiger partial charge in [0.15, 0.2) is 5.78 Å². The topological polar surface area (TPSA) is 123 Å². The number of nitrogens with one attached hydrogen (secondary N) is 2. The van der Waals surface area contributed by atoms with Crippen LogP contribution in [0.25, 0.3) is 0 Å². The molecule has 1 aliphatic rings. The highest BCUT2D eigenvalue weighted by atomic mass is 16.6. The first-order valence-corrected chi connectivity index (χ1v) is 9.87. The fourth-order valence-corrected chi connectivity index (χ4v) is 3.13. The largest absolute Gasteiger partial charge is 0.464 e. The van der Waals surface area contributed by atoms with Gasteiger partial charge in [-0.1, -0.05) is 12.1 Å². The number of pyridine rings is 1. The predicted octanol–water partition coefficient (Wildman–Crippen LogP) is 3.29. The zero-order valence-corrected chi connectivity index (χ0v) is 17.5. The predicted molar refractivity (Wildman–Crippen MR) is 115 cm³/mol. The van der Waals surface area contributed by atoms with E-state index < -0.39 is 22.3 Å². The SMILES string of the molecule is CCOC(=O)[C@H](Cc1ccc(Nc2ncccc2[N+](=O)[O-])cc1)NC1=CC(=O)C1(C)C. The summed E-state index contributed by atoms with van der Waals surface area (Å²) in [4.78, 5) is 38.9. The first-order valence-electron chi connectivity index (χ1n) is 9.87. The lowest BCUT2D eigenvalue weighted by atomic mass is 9.74. The van der Waals surface area contributed by atoms with Gasteiger partial charge in [0.25, 0.3) is 0 Å². The average molecular weight is 424 g/mol. The molecule has 9 heteroatoms. The molecule has 9 nitrogen and oxygen atoms in total. The number of ketones is 1. The monoisotopic (exact) mass is 424 g/mol. The molecule has 1 atom stereocenters. The van der Waals surface area contributed by atoms with Gasteiger partial charge in [0.05, 0.1) is 16.9 Å². The number of benzene rings is 1. The fraction of sp³-hybridized carbons (Fsp3) is 0.318. The Morgan fingerprint density at radius 3 is 2.55 bits per heavy atom. The highest BCUT2D eigenvalue weighted by Crippen LogP contribution is 2.35. The van der Waals surface area contributed by atoms with Gasteiger partial charge in [0.1, 0.15) is 6.04 Å². The van der Waals surface area contributed by atoms with E-state index in [0.717, 1.165) is 5.56 Å². The van der Waals surface area contributed by atoms with Crippen molar-refractivity contribution in [3.05, 3.63) is 70.0 Å². The summed E-state index contributed by atoms with van der Waals surface area (Å²) in [5.41, 5.74) is 1.42. The van der Waals surface area contributed by atoms with Crippen LogP contribution in [-0.4, -0.2) is 34.3 Å². The summed E-state index contributed by atoms with van der Waals surface area (Å²) in [6.45, 7) is 5.60. The van der Waals surface area contributed by atoms with Crippen LogP contribution < -0.4 is 10.6 Å². The van der Waals surface area contributed by atoms with Gasteiger partial charge in [0.2, 0.25) is 5.82 Å². The van der Waals surface area contributed by atoms with Gasteiger partial charge < -0.3 is 15.4 Å². The Bertz CT molecular complexity index is 1030. The molecule has 2 aromatic rings. The summed E-state index contributed by atoms with van der Waals surface area (Å²) in [7, 11) is 0. The first-order chi connectivity index (χ1) is 14.7. The standard InChI is InChI=1S/C22H24N4O5/c1-4-31-21(28)16(25-18-13-19(27)22(18,2)3)12-14-7-9-15(10-8-14)24-20-17(26(29)30)6-5-11-23-20/h5-11,13,16,25H,4,12H2,1-3H3,(H,23,24)/t16-/m0/s1. The molecule has 0 saturated carbocycles. The van der Waals surface area contributed by atoms with Gasteiger partial charge in [0, 0.05) is 36.1 Å². The van der Waals surface area contributed by atoms with E-state index in [2.05, 4.69) is 15.6 Å². The summed E-state index contributed by atoms with van der Waals surface area (Å²) >= 11 is 0. The molecular weight excluding hydrogens is 400 g/mol. The Hall–Kier alpha value is -3.75. The lowest BCUT2D eigenvalue weighted by molar-refractivity contribution is -0.384. The molecular formula is C22H24N4O5. The van der Waals surface area contributed by atoms with Crippen molar-refractivity contribution in [1.82, 2.24) is 10.3 Å². The second-order valence-electron chi connectivity index (χ2n) is 7.65. The van der Waals surface area contributed by atoms with Crippen LogP contribution >= 0.6 is 0 Å². The molecule has 1 aliphatic carbocycles. The number of hydrogen-bond donors (Lipinski definition) is 2. The molecule has 3 rings (SSSR count). The van der Waals surface area contributed by atoms with Gasteiger partial charge in [-0.15, -0.1) is 0 Å². The van der Waals surface area contributed by atoms with Crippen molar-refractivity contribution in [2.24, 2.45) is 5.41 Å². The molecule has 0 unspecified atom stereocenters. The van der Waals surface area contributed by atoms with Crippen molar-refractivity contribution in [2.75, 3.05) is 11.9 Å². The number of allylic oxidation sites excluding steroid dienone is 2. The average Bonchev–Trinajstić information content (AvgIpc) is 2.74. The maximum atomic E-state index is 12.4. The fourth-order valence-electron chi connectivity index (χ4n) is 3.13. The third kappa shape index (κ3) is 4.88. The van der Waals surface area contributed by atoms with Crippen LogP contribution in [0, 0.1) is 15.5 Å². The summed E-state index contributed by atoms with van der Waals surface area (Å²) in [5.74, 6) is -0.239. The van der Waals surface area contributed by atoms with Crippen molar-refractivity contribution in [1.29, 1.82) is 0 Å². The maximum absolute atomic E-state index is 12.4. The van der Waals surface area contributed by atoms with E-state index in [-0.39, 0.29) is 23.9 Å². The molecule has 0 radical (unpaired) electrons. The zero-order valence-electron chi connectivity index (χ0n) is 17.5. The van der Waals surface area contributed by atoms with E-state index in [1.54, 1.807) is 32.9 Å². The minimum absolute atomic E-state index is 0.0108. The van der Waals surface area contributed by atoms with Gasteiger partial charge >= 0.3 is 11.7 Å². The molecule has 31 heavy (non-hydrogen) atoms. The third-order valence-corrected chi connectivity index (χ3v) is 5.11. The molecule has 1 aromatic heterocycles. The van der Waals surface area contributed by atoms with Crippen molar-refractivity contribution in [2.45, 2.75) is 33.2 Å². The van der Waals surface area contributed by atoms with Crippen LogP contribution in [0.15, 0.2) is 54.4 Å². The van der Waals surface area contributed by atoms with Crippen LogP contribution in [-0.2, 0) is 20.7 Å². The van der Waals surface area contributed by atoms with Gasteiger partial charge in [-0.2, -0.15) is 0 Å². The molecule has 0 aliphatic heterocycles. The van der Waals surface area contributed by atoms with E-state index in [9.17, 15) is 19.7 Å². The summed E-state index contributed by atoms with van der Waals surface area (Å²) < 4.78 is 5.18. The second kappa shape index (κ2) is 8.95. The normalized spacial score (nSPS) is 15.3. The van der Waals surface area contributed by atoms with E-state index in [4.69, 9.17) is 4.74 Å². The Labute approximate surface area is 179 Å². The lowest BCUT2D eigenvalue weighted by Crippen LogP contribution is -2.48. The van der Waals surface area contributed by atoms with Gasteiger partial charge in [-0.3, -0.25) is 14.9 Å². The number of nitrogens with zero attached hydrogens (tertiary/aromatic N) is 2. The van der Waals surface area contributed by atoms with Gasteiger partial charge in [-0.05, 0) is 44.5 Å². The lowest BCUT2D eigenvalue weighted by Gasteiger charge is -2.36. The first kappa shape index (κ1) is 21.9. The van der Waals surface area contributed by atoms with Crippen LogP contribution in [0.1, 0.15) is 26.3 Å². The number of esters is 1. The number of carbonyl (C=O) groups excluding carboxylic acids is 2. The second-order valence-corrected chi connectivity index (χ2v) is 7.65. The van der Waals surface area contributed by atoms with Crippen molar-refractivity contribution >= 4 is 28.9 Å². The molecule has 0 bridgehead atoms. The highest BCUT2D eigenvalue weighted by Gasteiger charge is 2.41. The number of nitro groups is 1. The third-order valence-electron chi connectivity index (χ3n) is 5.11. The minimum atomic E-state index is -0.644. The Balaban J connectivity index is 1.73. The Kier molecular flexibility index (Phi) is 6.33. The van der Waals surface area contributed by atoms with E-state index in [0.29, 0.717) is 17.8 Å². The van der Waals surface area contributed by atoms with Gasteiger partial charge in [-0.25, -0.2) is 9.78 Å². The van der Waals surface area contributed by atoms with Crippen LogP contribution in [0.5, 0.6) is 0 Å². The Morgan fingerprint density at radius 1 is 1.26 bits per heavy atom. The van der Waals surface area contributed by atoms with Crippen molar-refractivity contribution in [3.63, 3.8) is 0 Å². The van der Waals surface area contributed by atoms with E-state index >= 15 is 0 Å². The van der Waals surface area contributed by atoms with E-state index in [1.807, 2.05) is 12.1 Å². The number of aromatic nitrogens is 1. The molecule has 2 N–H and O–H groups in total. The summed E-state index contributed by atoms with van der Waals surface area (Å²) in [5, 5.41) is 17.2. The molecule has 0 saturated heterocycles. The molecule has 0 spiro atoms. The Morgan fingerprint density at radius 2 is 1.97 bits per heavy atom. The molecule has 162 valence electrons. The molecule has 0 fully saturated rings. The van der Waals surface area contributed by atoms with Crippen LogP contribution in [0.3, 0.4) is 0 Å². The van der Waals surface area contributed by atoms with E-state index in [1.165, 1.54) is 24.4 Å². The summed E-state index contributed by atoms with van der Waals surface area (Å²) in [6, 6.07) is 9.38. The molecule has 1 heterocycles. The number of rotatable bonds is 9. The minimum Gasteiger partial charge on any atom is -0.464 e.